The first-order valence-electron chi connectivity index (χ1n) is 2.17. The van der Waals surface area contributed by atoms with Gasteiger partial charge in [0, 0.05) is 6.92 Å². The standard InChI is InChI=1S/C2H4O2.2CH2O3.K.2Na/c1-2(3)4;2*2-1(3)4;;;/h1H3,(H,3,4);2*(H2,2,3,4);;;/q;;;3*+1/p-3. The maximum Gasteiger partial charge on any atom is 1.00 e. The Kier molecular flexibility index (Phi) is 71.0. The van der Waals surface area contributed by atoms with E-state index >= 15 is 0 Å². The summed E-state index contributed by atoms with van der Waals surface area (Å²) in [5.74, 6) is -0.833. The average molecular weight is 266 g/mol. The Balaban J connectivity index is -0.0000000184. The third kappa shape index (κ3) is 1070. The molecule has 11 heteroatoms. The van der Waals surface area contributed by atoms with Gasteiger partial charge in [-0.1, -0.05) is 0 Å². The van der Waals surface area contributed by atoms with E-state index in [1.807, 2.05) is 0 Å². The summed E-state index contributed by atoms with van der Waals surface area (Å²) in [5, 5.41) is 39.4. The Morgan fingerprint density at radius 1 is 0.933 bits per heavy atom. The smallest absolute Gasteiger partial charge is 0.652 e. The van der Waals surface area contributed by atoms with Crippen molar-refractivity contribution in [1.29, 1.82) is 0 Å². The predicted octanol–water partition coefficient (Wildman–Crippen LogP) is -12.5. The van der Waals surface area contributed by atoms with Crippen molar-refractivity contribution in [2.75, 3.05) is 0 Å². The van der Waals surface area contributed by atoms with E-state index in [4.69, 9.17) is 39.9 Å². The average Bonchev–Trinajstić information content (AvgIpc) is 1.54. The van der Waals surface area contributed by atoms with E-state index in [0.717, 1.165) is 6.92 Å². The molecule has 8 nitrogen and oxygen atoms in total. The molecule has 0 radical (unpaired) electrons. The second kappa shape index (κ2) is 29.6. The van der Waals surface area contributed by atoms with Crippen LogP contribution in [0.15, 0.2) is 0 Å². The Bertz CT molecular complexity index is 122. The van der Waals surface area contributed by atoms with Gasteiger partial charge in [0.15, 0.2) is 0 Å². The van der Waals surface area contributed by atoms with Crippen LogP contribution < -0.4 is 126 Å². The molecule has 0 saturated heterocycles. The molecule has 0 bridgehead atoms. The fraction of sp³-hybridized carbons (Fsp3) is 0.250. The molecule has 0 spiro atoms. The Morgan fingerprint density at radius 2 is 0.933 bits per heavy atom. The molecular formula is C4H5KNa2O8. The normalized spacial score (nSPS) is 4.87. The van der Waals surface area contributed by atoms with Crippen molar-refractivity contribution in [3.63, 3.8) is 0 Å². The quantitative estimate of drug-likeness (QED) is 0.408. The molecule has 0 saturated carbocycles. The van der Waals surface area contributed by atoms with Crippen LogP contribution in [0.5, 0.6) is 0 Å². The number of carbonyl (C=O) groups excluding carboxylic acids is 1. The van der Waals surface area contributed by atoms with Crippen LogP contribution in [0, 0.1) is 0 Å². The summed E-state index contributed by atoms with van der Waals surface area (Å²) in [6, 6.07) is 0. The van der Waals surface area contributed by atoms with Crippen LogP contribution in [0.2, 0.25) is 0 Å². The number of carbonyl (C=O) groups is 3. The Hall–Kier alpha value is 1.65. The number of carboxylic acid groups (broad SMARTS) is 5. The number of carboxylic acids is 1. The molecule has 72 valence electrons. The van der Waals surface area contributed by atoms with Crippen molar-refractivity contribution < 1.29 is 150 Å². The van der Waals surface area contributed by atoms with Crippen molar-refractivity contribution in [2.24, 2.45) is 0 Å². The summed E-state index contributed by atoms with van der Waals surface area (Å²) < 4.78 is 0. The van der Waals surface area contributed by atoms with Crippen molar-refractivity contribution in [2.45, 2.75) is 6.92 Å². The zero-order valence-corrected chi connectivity index (χ0v) is 16.0. The summed E-state index contributed by atoms with van der Waals surface area (Å²) in [4.78, 5) is 25.8. The summed E-state index contributed by atoms with van der Waals surface area (Å²) in [5.41, 5.74) is 0. The van der Waals surface area contributed by atoms with E-state index < -0.39 is 18.3 Å². The molecule has 0 heterocycles. The second-order valence-electron chi connectivity index (χ2n) is 1.03. The van der Waals surface area contributed by atoms with Gasteiger partial charge in [0.05, 0.1) is 0 Å². The number of rotatable bonds is 0. The molecular weight excluding hydrogens is 261 g/mol. The summed E-state index contributed by atoms with van der Waals surface area (Å²) in [6.45, 7) is 1.08. The molecule has 0 fully saturated rings. The van der Waals surface area contributed by atoms with Crippen molar-refractivity contribution >= 4 is 18.3 Å². The number of hydrogen-bond donors (Lipinski definition) is 2. The zero-order chi connectivity index (χ0) is 10.7. The van der Waals surface area contributed by atoms with E-state index in [2.05, 4.69) is 0 Å². The first-order valence-corrected chi connectivity index (χ1v) is 2.17. The molecule has 0 aromatic carbocycles. The fourth-order valence-electron chi connectivity index (χ4n) is 0. The molecule has 15 heavy (non-hydrogen) atoms. The fourth-order valence-corrected chi connectivity index (χ4v) is 0. The van der Waals surface area contributed by atoms with Crippen LogP contribution in [-0.2, 0) is 4.79 Å². The summed E-state index contributed by atoms with van der Waals surface area (Å²) in [7, 11) is 0. The van der Waals surface area contributed by atoms with E-state index in [9.17, 15) is 0 Å². The molecule has 2 N–H and O–H groups in total. The Morgan fingerprint density at radius 3 is 0.933 bits per heavy atom. The predicted molar refractivity (Wildman–Crippen MR) is 26.7 cm³/mol. The summed E-state index contributed by atoms with van der Waals surface area (Å²) >= 11 is 0. The van der Waals surface area contributed by atoms with Crippen molar-refractivity contribution in [3.05, 3.63) is 0 Å². The topological polar surface area (TPSA) is 161 Å². The third-order valence-corrected chi connectivity index (χ3v) is 0. The van der Waals surface area contributed by atoms with Crippen molar-refractivity contribution in [1.82, 2.24) is 0 Å². The van der Waals surface area contributed by atoms with Crippen LogP contribution in [0.4, 0.5) is 9.59 Å². The van der Waals surface area contributed by atoms with Gasteiger partial charge in [0.25, 0.3) is 5.97 Å². The number of aliphatic carboxylic acids is 1. The second-order valence-corrected chi connectivity index (χ2v) is 1.03. The maximum absolute atomic E-state index is 9.00. The van der Waals surface area contributed by atoms with Gasteiger partial charge in [-0.2, -0.15) is 0 Å². The third-order valence-electron chi connectivity index (χ3n) is 0. The zero-order valence-electron chi connectivity index (χ0n) is 8.84. The van der Waals surface area contributed by atoms with Gasteiger partial charge in [-0.15, -0.1) is 0 Å². The molecule has 0 aliphatic rings. The van der Waals surface area contributed by atoms with Gasteiger partial charge in [0.2, 0.25) is 6.16 Å². The van der Waals surface area contributed by atoms with Crippen molar-refractivity contribution in [3.8, 4) is 0 Å². The SMILES string of the molecule is CC(=O)O.O=C([O-])O.O=C([O-])[O-].[K+].[Na+].[Na+]. The van der Waals surface area contributed by atoms with Crippen LogP contribution >= 0.6 is 0 Å². The van der Waals surface area contributed by atoms with E-state index in [1.54, 1.807) is 0 Å². The largest absolute Gasteiger partial charge is 1.00 e. The molecule has 0 rings (SSSR count). The molecule has 0 atom stereocenters. The van der Waals surface area contributed by atoms with Gasteiger partial charge in [-0.05, 0) is 6.16 Å². The molecule has 0 unspecified atom stereocenters. The van der Waals surface area contributed by atoms with E-state index in [0.29, 0.717) is 0 Å². The van der Waals surface area contributed by atoms with Crippen LogP contribution in [0.25, 0.3) is 0 Å². The van der Waals surface area contributed by atoms with Gasteiger partial charge in [0.1, 0.15) is 0 Å². The number of hydrogen-bond acceptors (Lipinski definition) is 6. The molecule has 0 aliphatic carbocycles. The molecule has 0 aromatic heterocycles. The van der Waals surface area contributed by atoms with Crippen LogP contribution in [0.1, 0.15) is 6.92 Å². The minimum absolute atomic E-state index is 0. The molecule has 0 aromatic rings. The monoisotopic (exact) mass is 266 g/mol. The maximum atomic E-state index is 9.00. The van der Waals surface area contributed by atoms with Gasteiger partial charge in [-0.25, -0.2) is 0 Å². The first-order chi connectivity index (χ1) is 5.20. The van der Waals surface area contributed by atoms with Gasteiger partial charge < -0.3 is 35.1 Å². The summed E-state index contributed by atoms with van der Waals surface area (Å²) in [6.07, 6.45) is -4.42. The molecule has 0 aliphatic heterocycles. The van der Waals surface area contributed by atoms with Crippen LogP contribution in [0.3, 0.4) is 0 Å². The minimum atomic E-state index is -2.33. The first kappa shape index (κ1) is 36.0. The van der Waals surface area contributed by atoms with Crippen LogP contribution in [-0.4, -0.2) is 28.5 Å². The molecule has 0 amide bonds. The van der Waals surface area contributed by atoms with Gasteiger partial charge in [-0.3, -0.25) is 4.79 Å². The van der Waals surface area contributed by atoms with E-state index in [1.165, 1.54) is 0 Å². The Labute approximate surface area is 172 Å². The van der Waals surface area contributed by atoms with Gasteiger partial charge >= 0.3 is 110 Å². The van der Waals surface area contributed by atoms with E-state index in [-0.39, 0.29) is 110 Å². The minimum Gasteiger partial charge on any atom is -0.652 e.